The van der Waals surface area contributed by atoms with Gasteiger partial charge in [0.25, 0.3) is 0 Å². The van der Waals surface area contributed by atoms with E-state index in [1.807, 2.05) is 31.2 Å². The fourth-order valence-corrected chi connectivity index (χ4v) is 3.81. The average molecular weight is 404 g/mol. The van der Waals surface area contributed by atoms with Crippen molar-refractivity contribution in [3.63, 3.8) is 0 Å². The van der Waals surface area contributed by atoms with Crippen LogP contribution >= 0.6 is 11.3 Å². The Bertz CT molecular complexity index is 872. The van der Waals surface area contributed by atoms with Gasteiger partial charge in [-0.1, -0.05) is 12.1 Å². The minimum atomic E-state index is -0.540. The van der Waals surface area contributed by atoms with Crippen LogP contribution in [0.15, 0.2) is 24.3 Å². The van der Waals surface area contributed by atoms with Crippen molar-refractivity contribution in [3.8, 4) is 5.75 Å². The summed E-state index contributed by atoms with van der Waals surface area (Å²) in [6.07, 6.45) is 0.763. The van der Waals surface area contributed by atoms with E-state index in [9.17, 15) is 14.4 Å². The van der Waals surface area contributed by atoms with Gasteiger partial charge in [-0.05, 0) is 57.4 Å². The molecule has 0 bridgehead atoms. The Hall–Kier alpha value is -2.67. The molecule has 0 unspecified atom stereocenters. The summed E-state index contributed by atoms with van der Waals surface area (Å²) in [6.45, 7) is 7.43. The van der Waals surface area contributed by atoms with E-state index >= 15 is 0 Å². The molecule has 1 heterocycles. The van der Waals surface area contributed by atoms with Crippen LogP contribution in [0.2, 0.25) is 0 Å². The van der Waals surface area contributed by atoms with Crippen molar-refractivity contribution in [2.75, 3.05) is 18.5 Å². The number of hydrogen-bond donors (Lipinski definition) is 1. The van der Waals surface area contributed by atoms with Crippen LogP contribution in [0.25, 0.3) is 0 Å². The number of carbonyl (C=O) groups is 3. The van der Waals surface area contributed by atoms with E-state index in [2.05, 4.69) is 5.32 Å². The van der Waals surface area contributed by atoms with E-state index in [-0.39, 0.29) is 30.3 Å². The number of Topliss-reactive ketones (excluding diaryl/α,β-unsaturated/α-hetero) is 1. The minimum absolute atomic E-state index is 0.153. The molecule has 7 heteroatoms. The van der Waals surface area contributed by atoms with Crippen LogP contribution in [0, 0.1) is 13.8 Å². The number of hydrogen-bond acceptors (Lipinski definition) is 6. The van der Waals surface area contributed by atoms with Crippen LogP contribution in [0.4, 0.5) is 5.00 Å². The predicted molar refractivity (Wildman–Crippen MR) is 110 cm³/mol. The first-order valence-electron chi connectivity index (χ1n) is 9.14. The summed E-state index contributed by atoms with van der Waals surface area (Å²) >= 11 is 1.10. The van der Waals surface area contributed by atoms with Gasteiger partial charge in [-0.3, -0.25) is 9.59 Å². The standard InChI is InChI=1S/C21H25NO5S/c1-5-26-21(25)18-14(3)19(15(4)23)28-20(18)22-17(24)10-7-11-27-16-9-6-8-13(2)12-16/h6,8-9,12H,5,7,10-11H2,1-4H3,(H,22,24). The van der Waals surface area contributed by atoms with Crippen molar-refractivity contribution >= 4 is 34.0 Å². The number of nitrogens with one attached hydrogen (secondary N) is 1. The van der Waals surface area contributed by atoms with Crippen molar-refractivity contribution < 1.29 is 23.9 Å². The first-order valence-corrected chi connectivity index (χ1v) is 9.95. The molecule has 1 amide bonds. The highest BCUT2D eigenvalue weighted by Crippen LogP contribution is 2.34. The van der Waals surface area contributed by atoms with Gasteiger partial charge < -0.3 is 14.8 Å². The smallest absolute Gasteiger partial charge is 0.341 e. The molecule has 150 valence electrons. The lowest BCUT2D eigenvalue weighted by Crippen LogP contribution is -2.15. The summed E-state index contributed by atoms with van der Waals surface area (Å²) in [6, 6.07) is 7.71. The number of amides is 1. The van der Waals surface area contributed by atoms with Crippen LogP contribution < -0.4 is 10.1 Å². The van der Waals surface area contributed by atoms with E-state index < -0.39 is 5.97 Å². The second-order valence-corrected chi connectivity index (χ2v) is 7.37. The molecule has 0 spiro atoms. The van der Waals surface area contributed by atoms with E-state index in [1.165, 1.54) is 6.92 Å². The van der Waals surface area contributed by atoms with Gasteiger partial charge in [-0.15, -0.1) is 11.3 Å². The lowest BCUT2D eigenvalue weighted by atomic mass is 10.1. The Labute approximate surface area is 168 Å². The molecule has 0 saturated heterocycles. The number of thiophene rings is 1. The highest BCUT2D eigenvalue weighted by atomic mass is 32.1. The monoisotopic (exact) mass is 403 g/mol. The topological polar surface area (TPSA) is 81.7 Å². The number of rotatable bonds is 9. The summed E-state index contributed by atoms with van der Waals surface area (Å²) in [5, 5.41) is 3.10. The maximum absolute atomic E-state index is 12.3. The van der Waals surface area contributed by atoms with Crippen LogP contribution in [-0.2, 0) is 9.53 Å². The lowest BCUT2D eigenvalue weighted by molar-refractivity contribution is -0.116. The van der Waals surface area contributed by atoms with Gasteiger partial charge in [0, 0.05) is 6.42 Å². The van der Waals surface area contributed by atoms with E-state index in [0.717, 1.165) is 22.6 Å². The molecule has 6 nitrogen and oxygen atoms in total. The maximum Gasteiger partial charge on any atom is 0.341 e. The molecular formula is C21H25NO5S. The molecule has 2 aromatic rings. The van der Waals surface area contributed by atoms with E-state index in [0.29, 0.717) is 28.5 Å². The molecule has 0 aliphatic heterocycles. The van der Waals surface area contributed by atoms with Crippen LogP contribution in [0.1, 0.15) is 57.8 Å². The van der Waals surface area contributed by atoms with Crippen LogP contribution in [0.5, 0.6) is 5.75 Å². The molecule has 0 aliphatic rings. The highest BCUT2D eigenvalue weighted by Gasteiger charge is 2.25. The van der Waals surface area contributed by atoms with Gasteiger partial charge in [0.05, 0.1) is 23.7 Å². The fraction of sp³-hybridized carbons (Fsp3) is 0.381. The van der Waals surface area contributed by atoms with Crippen molar-refractivity contribution in [1.82, 2.24) is 0 Å². The van der Waals surface area contributed by atoms with Gasteiger partial charge in [-0.2, -0.15) is 0 Å². The molecule has 0 saturated carbocycles. The second-order valence-electron chi connectivity index (χ2n) is 6.35. The summed E-state index contributed by atoms with van der Waals surface area (Å²) in [5.74, 6) is -0.165. The Morgan fingerprint density at radius 1 is 1.18 bits per heavy atom. The molecule has 0 atom stereocenters. The number of carbonyl (C=O) groups excluding carboxylic acids is 3. The summed E-state index contributed by atoms with van der Waals surface area (Å²) in [7, 11) is 0. The second kappa shape index (κ2) is 10.0. The molecule has 1 aromatic heterocycles. The largest absolute Gasteiger partial charge is 0.494 e. The summed E-state index contributed by atoms with van der Waals surface area (Å²) < 4.78 is 10.7. The molecule has 0 aliphatic carbocycles. The van der Waals surface area contributed by atoms with E-state index in [1.54, 1.807) is 13.8 Å². The molecule has 1 aromatic carbocycles. The zero-order valence-corrected chi connectivity index (χ0v) is 17.4. The first kappa shape index (κ1) is 21.6. The van der Waals surface area contributed by atoms with Crippen molar-refractivity contribution in [2.45, 2.75) is 40.5 Å². The zero-order chi connectivity index (χ0) is 20.7. The molecule has 0 fully saturated rings. The predicted octanol–water partition coefficient (Wildman–Crippen LogP) is 4.54. The highest BCUT2D eigenvalue weighted by molar-refractivity contribution is 7.18. The number of anilines is 1. The van der Waals surface area contributed by atoms with Gasteiger partial charge in [0.1, 0.15) is 10.8 Å². The molecule has 0 radical (unpaired) electrons. The molecule has 28 heavy (non-hydrogen) atoms. The third-order valence-corrected chi connectivity index (χ3v) is 5.31. The molecule has 1 N–H and O–H groups in total. The van der Waals surface area contributed by atoms with Gasteiger partial charge in [0.2, 0.25) is 5.91 Å². The molecule has 2 rings (SSSR count). The van der Waals surface area contributed by atoms with E-state index in [4.69, 9.17) is 9.47 Å². The Morgan fingerprint density at radius 3 is 2.57 bits per heavy atom. The third kappa shape index (κ3) is 5.66. The van der Waals surface area contributed by atoms with Gasteiger partial charge >= 0.3 is 5.97 Å². The van der Waals surface area contributed by atoms with Gasteiger partial charge in [-0.25, -0.2) is 4.79 Å². The maximum atomic E-state index is 12.3. The Kier molecular flexibility index (Phi) is 7.75. The average Bonchev–Trinajstić information content (AvgIpc) is 2.95. The first-order chi connectivity index (χ1) is 13.3. The summed E-state index contributed by atoms with van der Waals surface area (Å²) in [5.41, 5.74) is 1.89. The number of ketones is 1. The van der Waals surface area contributed by atoms with Crippen molar-refractivity contribution in [2.24, 2.45) is 0 Å². The number of aryl methyl sites for hydroxylation is 1. The van der Waals surface area contributed by atoms with Crippen LogP contribution in [-0.4, -0.2) is 30.9 Å². The van der Waals surface area contributed by atoms with Crippen molar-refractivity contribution in [3.05, 3.63) is 45.8 Å². The number of benzene rings is 1. The SMILES string of the molecule is CCOC(=O)c1c(NC(=O)CCCOc2cccc(C)c2)sc(C(C)=O)c1C. The van der Waals surface area contributed by atoms with Gasteiger partial charge in [0.15, 0.2) is 5.78 Å². The zero-order valence-electron chi connectivity index (χ0n) is 16.6. The Morgan fingerprint density at radius 2 is 1.93 bits per heavy atom. The normalized spacial score (nSPS) is 10.4. The lowest BCUT2D eigenvalue weighted by Gasteiger charge is -2.08. The quantitative estimate of drug-likeness (QED) is 0.378. The van der Waals surface area contributed by atoms with Crippen molar-refractivity contribution in [1.29, 1.82) is 0 Å². The minimum Gasteiger partial charge on any atom is -0.494 e. The fourth-order valence-electron chi connectivity index (χ4n) is 2.70. The summed E-state index contributed by atoms with van der Waals surface area (Å²) in [4.78, 5) is 36.8. The van der Waals surface area contributed by atoms with Crippen LogP contribution in [0.3, 0.4) is 0 Å². The number of ether oxygens (including phenoxy) is 2. The number of esters is 1. The molecular weight excluding hydrogens is 378 g/mol. The third-order valence-electron chi connectivity index (χ3n) is 4.01. The Balaban J connectivity index is 1.97.